The molecule has 0 heterocycles. The van der Waals surface area contributed by atoms with Crippen molar-refractivity contribution in [1.29, 1.82) is 0 Å². The molecule has 0 amide bonds. The number of rotatable bonds is 4. The van der Waals surface area contributed by atoms with Crippen LogP contribution in [0.15, 0.2) is 48.5 Å². The molecular weight excluding hydrogens is 499 g/mol. The molecule has 192 valence electrons. The predicted molar refractivity (Wildman–Crippen MR) is 129 cm³/mol. The van der Waals surface area contributed by atoms with E-state index in [0.29, 0.717) is 0 Å². The summed E-state index contributed by atoms with van der Waals surface area (Å²) < 4.78 is 119. The largest absolute Gasteiger partial charge is 0.207 e. The van der Waals surface area contributed by atoms with Crippen LogP contribution in [0.25, 0.3) is 0 Å². The van der Waals surface area contributed by atoms with Crippen LogP contribution in [-0.2, 0) is 0 Å². The molecule has 0 atom stereocenters. The van der Waals surface area contributed by atoms with Gasteiger partial charge in [0.05, 0.1) is 0 Å². The second-order valence-electron chi connectivity index (χ2n) is 9.30. The highest BCUT2D eigenvalue weighted by Gasteiger charge is 2.36. The van der Waals surface area contributed by atoms with Crippen LogP contribution in [0.3, 0.4) is 0 Å². The van der Waals surface area contributed by atoms with E-state index in [-0.39, 0.29) is 21.9 Å². The van der Waals surface area contributed by atoms with Gasteiger partial charge >= 0.3 is 0 Å². The molecule has 0 saturated carbocycles. The maximum atomic E-state index is 14.9. The van der Waals surface area contributed by atoms with Crippen LogP contribution in [0.2, 0.25) is 0 Å². The van der Waals surface area contributed by atoms with Crippen molar-refractivity contribution in [3.05, 3.63) is 117 Å². The highest BCUT2D eigenvalue weighted by Crippen LogP contribution is 2.21. The molecule has 4 rings (SSSR count). The Balaban J connectivity index is 2.33. The van der Waals surface area contributed by atoms with Crippen LogP contribution in [0.4, 0.5) is 35.1 Å². The maximum absolute atomic E-state index is 14.9. The van der Waals surface area contributed by atoms with Crippen molar-refractivity contribution in [3.63, 3.8) is 0 Å². The van der Waals surface area contributed by atoms with E-state index in [1.54, 1.807) is 0 Å². The number of hydrogen-bond donors (Lipinski definition) is 0. The average molecular weight is 519 g/mol. The van der Waals surface area contributed by atoms with Crippen LogP contribution in [-0.4, -0.2) is 6.15 Å². The highest BCUT2D eigenvalue weighted by molar-refractivity contribution is 7.19. The second kappa shape index (κ2) is 9.36. The van der Waals surface area contributed by atoms with Crippen molar-refractivity contribution in [2.75, 3.05) is 0 Å². The Morgan fingerprint density at radius 3 is 0.595 bits per heavy atom. The first-order valence-electron chi connectivity index (χ1n) is 11.3. The zero-order valence-electron chi connectivity index (χ0n) is 20.2. The highest BCUT2D eigenvalue weighted by atomic mass is 19.2. The Labute approximate surface area is 208 Å². The summed E-state index contributed by atoms with van der Waals surface area (Å²) in [5, 5.41) is 0. The van der Waals surface area contributed by atoms with Crippen LogP contribution in [0, 0.1) is 74.2 Å². The van der Waals surface area contributed by atoms with Crippen molar-refractivity contribution in [2.24, 2.45) is 0 Å². The second-order valence-corrected chi connectivity index (χ2v) is 9.30. The Hall–Kier alpha value is -3.62. The van der Waals surface area contributed by atoms with E-state index in [2.05, 4.69) is 0 Å². The predicted octanol–water partition coefficient (Wildman–Crippen LogP) is 5.41. The molecule has 0 bridgehead atoms. The topological polar surface area (TPSA) is 0 Å². The van der Waals surface area contributed by atoms with Gasteiger partial charge in [0, 0.05) is 22.3 Å². The van der Waals surface area contributed by atoms with E-state index < -0.39 is 74.9 Å². The number of hydrogen-bond acceptors (Lipinski definition) is 0. The number of halogens is 8. The third kappa shape index (κ3) is 4.20. The van der Waals surface area contributed by atoms with E-state index in [9.17, 15) is 35.1 Å². The molecular formula is C28H20BF8-. The summed E-state index contributed by atoms with van der Waals surface area (Å²) in [4.78, 5) is 0. The molecule has 0 nitrogen and oxygen atoms in total. The molecule has 0 aromatic heterocycles. The van der Waals surface area contributed by atoms with Crippen molar-refractivity contribution < 1.29 is 35.1 Å². The maximum Gasteiger partial charge on any atom is 0.125 e. The van der Waals surface area contributed by atoms with Gasteiger partial charge in [-0.3, -0.25) is 0 Å². The quantitative estimate of drug-likeness (QED) is 0.250. The van der Waals surface area contributed by atoms with Gasteiger partial charge in [0.25, 0.3) is 0 Å². The standard InChI is InChI=1S/C28H20BF8/c1-13-21(30)5-17(6-22(13)31)29(18-7-23(32)14(2)24(33)8-18,19-9-25(34)15(3)26(35)10-19)20-11-27(36)16(4)28(37)12-20/h5-12H,1-4H3/q-1. The Morgan fingerprint density at radius 2 is 0.459 bits per heavy atom. The Kier molecular flexibility index (Phi) is 6.69. The fourth-order valence-electron chi connectivity index (χ4n) is 4.81. The lowest BCUT2D eigenvalue weighted by atomic mass is 9.13. The summed E-state index contributed by atoms with van der Waals surface area (Å²) in [7, 11) is 0. The van der Waals surface area contributed by atoms with Gasteiger partial charge in [0.2, 0.25) is 0 Å². The summed E-state index contributed by atoms with van der Waals surface area (Å²) in [5.74, 6) is -8.59. The van der Waals surface area contributed by atoms with Crippen molar-refractivity contribution in [2.45, 2.75) is 27.7 Å². The van der Waals surface area contributed by atoms with Crippen molar-refractivity contribution in [3.8, 4) is 0 Å². The Bertz CT molecular complexity index is 1230. The molecule has 0 radical (unpaired) electrons. The van der Waals surface area contributed by atoms with E-state index in [1.807, 2.05) is 0 Å². The molecule has 0 unspecified atom stereocenters. The Morgan fingerprint density at radius 1 is 0.324 bits per heavy atom. The third-order valence-corrected chi connectivity index (χ3v) is 7.21. The lowest BCUT2D eigenvalue weighted by molar-refractivity contribution is 0.570. The zero-order chi connectivity index (χ0) is 27.4. The van der Waals surface area contributed by atoms with Gasteiger partial charge in [-0.15, -0.1) is 0 Å². The summed E-state index contributed by atoms with van der Waals surface area (Å²) in [6.07, 6.45) is -3.35. The van der Waals surface area contributed by atoms with Gasteiger partial charge in [0.15, 0.2) is 0 Å². The lowest BCUT2D eigenvalue weighted by Crippen LogP contribution is -2.75. The van der Waals surface area contributed by atoms with E-state index in [4.69, 9.17) is 0 Å². The summed E-state index contributed by atoms with van der Waals surface area (Å²) in [5.41, 5.74) is -2.92. The first-order chi connectivity index (χ1) is 17.3. The summed E-state index contributed by atoms with van der Waals surface area (Å²) in [6, 6.07) is 6.66. The van der Waals surface area contributed by atoms with Crippen LogP contribution in [0.1, 0.15) is 22.3 Å². The molecule has 0 N–H and O–H groups in total. The van der Waals surface area contributed by atoms with Gasteiger partial charge in [-0.2, -0.15) is 21.9 Å². The molecule has 0 aliphatic carbocycles. The normalized spacial score (nSPS) is 11.8. The smallest absolute Gasteiger partial charge is 0.125 e. The number of benzene rings is 4. The minimum absolute atomic E-state index is 0.339. The van der Waals surface area contributed by atoms with Gasteiger partial charge in [-0.1, -0.05) is 48.5 Å². The summed E-state index contributed by atoms with van der Waals surface area (Å²) in [6.45, 7) is 4.57. The van der Waals surface area contributed by atoms with Gasteiger partial charge in [-0.05, 0) is 27.7 Å². The van der Waals surface area contributed by atoms with Crippen LogP contribution < -0.4 is 21.9 Å². The first-order valence-corrected chi connectivity index (χ1v) is 11.3. The zero-order valence-corrected chi connectivity index (χ0v) is 20.2. The fraction of sp³-hybridized carbons (Fsp3) is 0.143. The molecule has 4 aromatic carbocycles. The minimum Gasteiger partial charge on any atom is -0.207 e. The first kappa shape index (κ1) is 26.4. The molecule has 0 saturated heterocycles. The monoisotopic (exact) mass is 519 g/mol. The van der Waals surface area contributed by atoms with Gasteiger partial charge < -0.3 is 0 Å². The van der Waals surface area contributed by atoms with Crippen molar-refractivity contribution in [1.82, 2.24) is 0 Å². The molecule has 0 fully saturated rings. The van der Waals surface area contributed by atoms with E-state index in [0.717, 1.165) is 76.2 Å². The van der Waals surface area contributed by atoms with E-state index >= 15 is 0 Å². The molecule has 0 spiro atoms. The van der Waals surface area contributed by atoms with Crippen molar-refractivity contribution >= 4 is 28.0 Å². The van der Waals surface area contributed by atoms with E-state index in [1.165, 1.54) is 0 Å². The van der Waals surface area contributed by atoms with Crippen LogP contribution >= 0.6 is 0 Å². The molecule has 0 aliphatic rings. The van der Waals surface area contributed by atoms with Gasteiger partial charge in [-0.25, -0.2) is 35.1 Å². The fourth-order valence-corrected chi connectivity index (χ4v) is 4.81. The summed E-state index contributed by atoms with van der Waals surface area (Å²) >= 11 is 0. The van der Waals surface area contributed by atoms with Gasteiger partial charge in [0.1, 0.15) is 52.7 Å². The average Bonchev–Trinajstić information content (AvgIpc) is 2.83. The van der Waals surface area contributed by atoms with Crippen LogP contribution in [0.5, 0.6) is 0 Å². The molecule has 4 aromatic rings. The molecule has 9 heteroatoms. The SMILES string of the molecule is Cc1c(F)cc([B-](c2cc(F)c(C)c(F)c2)(c2cc(F)c(C)c(F)c2)c2cc(F)c(C)c(F)c2)cc1F. The third-order valence-electron chi connectivity index (χ3n) is 7.21. The minimum atomic E-state index is -3.35. The molecule has 37 heavy (non-hydrogen) atoms. The molecule has 0 aliphatic heterocycles. The lowest BCUT2D eigenvalue weighted by Gasteiger charge is -2.44.